The molecule has 0 spiro atoms. The van der Waals surface area contributed by atoms with E-state index in [4.69, 9.17) is 9.15 Å². The van der Waals surface area contributed by atoms with Crippen LogP contribution in [0.25, 0.3) is 22.6 Å². The van der Waals surface area contributed by atoms with Gasteiger partial charge in [0, 0.05) is 18.9 Å². The lowest BCUT2D eigenvalue weighted by Gasteiger charge is -2.37. The van der Waals surface area contributed by atoms with E-state index < -0.39 is 24.4 Å². The summed E-state index contributed by atoms with van der Waals surface area (Å²) in [5, 5.41) is 38.2. The largest absolute Gasteiger partial charge is 0.421 e. The molecule has 7 nitrogen and oxygen atoms in total. The summed E-state index contributed by atoms with van der Waals surface area (Å²) in [7, 11) is 0. The third kappa shape index (κ3) is 3.89. The molecular formula is C23H26N2O5. The summed E-state index contributed by atoms with van der Waals surface area (Å²) in [6.07, 6.45) is -2.24. The number of rotatable bonds is 5. The molecule has 0 unspecified atom stereocenters. The van der Waals surface area contributed by atoms with Gasteiger partial charge >= 0.3 is 0 Å². The smallest absolute Gasteiger partial charge is 0.247 e. The number of aromatic nitrogens is 2. The van der Waals surface area contributed by atoms with Crippen LogP contribution < -0.4 is 0 Å². The van der Waals surface area contributed by atoms with Gasteiger partial charge in [-0.05, 0) is 40.8 Å². The van der Waals surface area contributed by atoms with Gasteiger partial charge in [0.1, 0.15) is 12.2 Å². The predicted octanol–water partition coefficient (Wildman–Crippen LogP) is 2.82. The van der Waals surface area contributed by atoms with Crippen molar-refractivity contribution in [1.82, 2.24) is 10.2 Å². The zero-order chi connectivity index (χ0) is 21.3. The van der Waals surface area contributed by atoms with Crippen molar-refractivity contribution in [3.63, 3.8) is 0 Å². The summed E-state index contributed by atoms with van der Waals surface area (Å²) >= 11 is 0. The van der Waals surface area contributed by atoms with Gasteiger partial charge in [-0.1, -0.05) is 37.3 Å². The van der Waals surface area contributed by atoms with Crippen LogP contribution in [0.4, 0.5) is 0 Å². The monoisotopic (exact) mass is 410 g/mol. The molecule has 0 aliphatic carbocycles. The molecule has 3 aromatic rings. The van der Waals surface area contributed by atoms with Gasteiger partial charge in [0.2, 0.25) is 11.8 Å². The maximum absolute atomic E-state index is 10.6. The minimum Gasteiger partial charge on any atom is -0.421 e. The number of hydrogen-bond acceptors (Lipinski definition) is 7. The van der Waals surface area contributed by atoms with Crippen molar-refractivity contribution in [3.8, 4) is 22.6 Å². The number of aliphatic hydroxyl groups is 3. The highest BCUT2D eigenvalue weighted by Crippen LogP contribution is 2.37. The average Bonchev–Trinajstić information content (AvgIpc) is 3.21. The average molecular weight is 410 g/mol. The molecule has 0 saturated carbocycles. The minimum atomic E-state index is -1.04. The number of ether oxygens (including phenoxy) is 1. The van der Waals surface area contributed by atoms with Crippen molar-refractivity contribution in [2.24, 2.45) is 0 Å². The first-order chi connectivity index (χ1) is 14.5. The van der Waals surface area contributed by atoms with E-state index in [0.29, 0.717) is 11.8 Å². The molecule has 1 aromatic heterocycles. The lowest BCUT2D eigenvalue weighted by Crippen LogP contribution is -2.44. The highest BCUT2D eigenvalue weighted by molar-refractivity contribution is 5.71. The van der Waals surface area contributed by atoms with Crippen LogP contribution in [0.3, 0.4) is 0 Å². The van der Waals surface area contributed by atoms with Gasteiger partial charge in [-0.15, -0.1) is 10.2 Å². The standard InChI is InChI=1S/C23H26N2O5/c1-3-17-18(14-7-9-15(10-8-14)23-25-24-13(2)29-23)5-4-6-19(17)22-21(28)20(27)11-16(12-26)30-22/h4-10,16,20-22,26-28H,3,11-12H2,1-2H3/t16-,20-,21-,22+/m0/s1. The summed E-state index contributed by atoms with van der Waals surface area (Å²) in [6, 6.07) is 13.7. The van der Waals surface area contributed by atoms with Crippen LogP contribution in [0, 0.1) is 6.92 Å². The van der Waals surface area contributed by atoms with Crippen molar-refractivity contribution >= 4 is 0 Å². The third-order valence-electron chi connectivity index (χ3n) is 5.59. The SMILES string of the molecule is CCc1c(-c2ccc(-c3nnc(C)o3)cc2)cccc1[C@H]1O[C@H](CO)C[C@H](O)[C@@H]1O. The Labute approximate surface area is 175 Å². The quantitative estimate of drug-likeness (QED) is 0.593. The molecule has 4 atom stereocenters. The van der Waals surface area contributed by atoms with E-state index in [0.717, 1.165) is 34.2 Å². The fourth-order valence-corrected chi connectivity index (χ4v) is 4.07. The molecule has 3 N–H and O–H groups in total. The van der Waals surface area contributed by atoms with E-state index in [9.17, 15) is 15.3 Å². The summed E-state index contributed by atoms with van der Waals surface area (Å²) in [6.45, 7) is 3.61. The summed E-state index contributed by atoms with van der Waals surface area (Å²) in [5.41, 5.74) is 4.75. The Kier molecular flexibility index (Phi) is 5.97. The molecule has 0 radical (unpaired) electrons. The van der Waals surface area contributed by atoms with Crippen LogP contribution in [0.2, 0.25) is 0 Å². The van der Waals surface area contributed by atoms with Crippen LogP contribution in [0.1, 0.15) is 36.5 Å². The topological polar surface area (TPSA) is 109 Å². The summed E-state index contributed by atoms with van der Waals surface area (Å²) in [5.74, 6) is 0.996. The molecular weight excluding hydrogens is 384 g/mol. The lowest BCUT2D eigenvalue weighted by atomic mass is 9.86. The van der Waals surface area contributed by atoms with Crippen LogP contribution in [0.15, 0.2) is 46.9 Å². The highest BCUT2D eigenvalue weighted by atomic mass is 16.5. The van der Waals surface area contributed by atoms with E-state index in [2.05, 4.69) is 10.2 Å². The highest BCUT2D eigenvalue weighted by Gasteiger charge is 2.38. The van der Waals surface area contributed by atoms with Crippen molar-refractivity contribution in [1.29, 1.82) is 0 Å². The Morgan fingerprint density at radius 1 is 1.03 bits per heavy atom. The van der Waals surface area contributed by atoms with E-state index in [1.807, 2.05) is 49.4 Å². The number of aliphatic hydroxyl groups excluding tert-OH is 3. The Morgan fingerprint density at radius 2 is 1.77 bits per heavy atom. The zero-order valence-corrected chi connectivity index (χ0v) is 17.0. The van der Waals surface area contributed by atoms with Crippen molar-refractivity contribution in [2.75, 3.05) is 6.61 Å². The van der Waals surface area contributed by atoms with Crippen LogP contribution in [0.5, 0.6) is 0 Å². The van der Waals surface area contributed by atoms with Gasteiger partial charge in [0.05, 0.1) is 18.8 Å². The molecule has 0 amide bonds. The first kappa shape index (κ1) is 20.7. The Hall–Kier alpha value is -2.58. The minimum absolute atomic E-state index is 0.196. The molecule has 0 bridgehead atoms. The fraction of sp³-hybridized carbons (Fsp3) is 0.391. The van der Waals surface area contributed by atoms with Crippen LogP contribution in [-0.2, 0) is 11.2 Å². The number of nitrogens with zero attached hydrogens (tertiary/aromatic N) is 2. The second kappa shape index (κ2) is 8.65. The molecule has 30 heavy (non-hydrogen) atoms. The molecule has 1 aliphatic heterocycles. The number of aryl methyl sites for hydroxylation is 1. The van der Waals surface area contributed by atoms with Gasteiger partial charge in [0.15, 0.2) is 0 Å². The van der Waals surface area contributed by atoms with Crippen molar-refractivity contribution in [2.45, 2.75) is 51.1 Å². The summed E-state index contributed by atoms with van der Waals surface area (Å²) in [4.78, 5) is 0. The van der Waals surface area contributed by atoms with Crippen LogP contribution in [-0.4, -0.2) is 50.4 Å². The van der Waals surface area contributed by atoms with Gasteiger partial charge in [-0.3, -0.25) is 0 Å². The van der Waals surface area contributed by atoms with Crippen molar-refractivity contribution in [3.05, 3.63) is 59.5 Å². The van der Waals surface area contributed by atoms with Crippen LogP contribution >= 0.6 is 0 Å². The maximum Gasteiger partial charge on any atom is 0.247 e. The first-order valence-corrected chi connectivity index (χ1v) is 10.2. The summed E-state index contributed by atoms with van der Waals surface area (Å²) < 4.78 is 11.4. The maximum atomic E-state index is 10.6. The van der Waals surface area contributed by atoms with E-state index in [-0.39, 0.29) is 13.0 Å². The van der Waals surface area contributed by atoms with Gasteiger partial charge in [-0.25, -0.2) is 0 Å². The third-order valence-corrected chi connectivity index (χ3v) is 5.59. The lowest BCUT2D eigenvalue weighted by molar-refractivity contribution is -0.179. The first-order valence-electron chi connectivity index (χ1n) is 10.2. The molecule has 2 aromatic carbocycles. The molecule has 1 fully saturated rings. The molecule has 158 valence electrons. The normalized spacial score (nSPS) is 24.2. The number of hydrogen-bond donors (Lipinski definition) is 3. The second-order valence-electron chi connectivity index (χ2n) is 7.59. The van der Waals surface area contributed by atoms with E-state index in [1.54, 1.807) is 6.92 Å². The Morgan fingerprint density at radius 3 is 2.40 bits per heavy atom. The Balaban J connectivity index is 1.70. The van der Waals surface area contributed by atoms with Gasteiger partial charge < -0.3 is 24.5 Å². The Bertz CT molecular complexity index is 1000. The molecule has 1 saturated heterocycles. The molecule has 2 heterocycles. The molecule has 1 aliphatic rings. The van der Waals surface area contributed by atoms with Gasteiger partial charge in [0.25, 0.3) is 0 Å². The van der Waals surface area contributed by atoms with Gasteiger partial charge in [-0.2, -0.15) is 0 Å². The number of benzene rings is 2. The zero-order valence-electron chi connectivity index (χ0n) is 17.0. The molecule has 4 rings (SSSR count). The molecule has 7 heteroatoms. The second-order valence-corrected chi connectivity index (χ2v) is 7.59. The van der Waals surface area contributed by atoms with Crippen molar-refractivity contribution < 1.29 is 24.5 Å². The van der Waals surface area contributed by atoms with E-state index in [1.165, 1.54) is 0 Å². The fourth-order valence-electron chi connectivity index (χ4n) is 4.07. The predicted molar refractivity (Wildman–Crippen MR) is 111 cm³/mol. The van der Waals surface area contributed by atoms with E-state index >= 15 is 0 Å².